The van der Waals surface area contributed by atoms with Crippen LogP contribution in [-0.2, 0) is 24.3 Å². The maximum absolute atomic E-state index is 12.3. The minimum Gasteiger partial charge on any atom is -0.497 e. The van der Waals surface area contributed by atoms with E-state index in [9.17, 15) is 22.8 Å². The molecule has 1 aromatic rings. The first kappa shape index (κ1) is 20.6. The summed E-state index contributed by atoms with van der Waals surface area (Å²) in [5.74, 6) is -1.13. The van der Waals surface area contributed by atoms with Gasteiger partial charge in [0.25, 0.3) is 5.91 Å². The number of esters is 1. The fraction of sp³-hybridized carbons (Fsp3) is 0.438. The molecule has 1 aliphatic rings. The first-order valence-electron chi connectivity index (χ1n) is 8.12. The molecule has 2 atom stereocenters. The number of hydrogen-bond donors (Lipinski definition) is 2. The number of imide groups is 1. The third kappa shape index (κ3) is 4.95. The number of nitrogens with zero attached hydrogens (tertiary/aromatic N) is 1. The summed E-state index contributed by atoms with van der Waals surface area (Å²) in [4.78, 5) is 36.6. The summed E-state index contributed by atoms with van der Waals surface area (Å²) in [5, 5.41) is 2.46. The van der Waals surface area contributed by atoms with Gasteiger partial charge in [-0.05, 0) is 38.1 Å². The second-order valence-electron chi connectivity index (χ2n) is 5.82. The van der Waals surface area contributed by atoms with Gasteiger partial charge in [-0.3, -0.25) is 14.5 Å². The second-order valence-corrected chi connectivity index (χ2v) is 7.53. The molecule has 2 rings (SSSR count). The molecule has 2 N–H and O–H groups in total. The molecule has 11 heteroatoms. The predicted molar refractivity (Wildman–Crippen MR) is 93.4 cm³/mol. The van der Waals surface area contributed by atoms with Crippen LogP contribution in [0, 0.1) is 0 Å². The number of sulfonamides is 1. The van der Waals surface area contributed by atoms with Crippen molar-refractivity contribution in [2.24, 2.45) is 0 Å². The lowest BCUT2D eigenvalue weighted by Gasteiger charge is -2.20. The molecule has 1 unspecified atom stereocenters. The van der Waals surface area contributed by atoms with Crippen molar-refractivity contribution in [3.8, 4) is 5.75 Å². The van der Waals surface area contributed by atoms with Gasteiger partial charge in [0.05, 0.1) is 12.0 Å². The Hall–Kier alpha value is -2.66. The van der Waals surface area contributed by atoms with Gasteiger partial charge < -0.3 is 14.8 Å². The van der Waals surface area contributed by atoms with E-state index in [0.717, 1.165) is 4.90 Å². The monoisotopic (exact) mass is 399 g/mol. The first-order chi connectivity index (χ1) is 12.7. The Morgan fingerprint density at radius 3 is 2.37 bits per heavy atom. The topological polar surface area (TPSA) is 131 Å². The maximum atomic E-state index is 12.3. The van der Waals surface area contributed by atoms with E-state index in [0.29, 0.717) is 12.3 Å². The number of methoxy groups -OCH3 is 1. The Bertz CT molecular complexity index is 823. The van der Waals surface area contributed by atoms with Crippen molar-refractivity contribution < 1.29 is 32.3 Å². The van der Waals surface area contributed by atoms with Crippen LogP contribution in [0.2, 0.25) is 0 Å². The molecule has 0 bridgehead atoms. The number of rotatable bonds is 7. The first-order valence-corrected chi connectivity index (χ1v) is 9.60. The Morgan fingerprint density at radius 2 is 1.85 bits per heavy atom. The molecule has 27 heavy (non-hydrogen) atoms. The van der Waals surface area contributed by atoms with Gasteiger partial charge in [0.15, 0.2) is 6.10 Å². The summed E-state index contributed by atoms with van der Waals surface area (Å²) in [6.45, 7) is 3.11. The fourth-order valence-corrected chi connectivity index (χ4v) is 3.52. The highest BCUT2D eigenvalue weighted by Crippen LogP contribution is 2.16. The van der Waals surface area contributed by atoms with Crippen LogP contribution in [0.15, 0.2) is 29.2 Å². The number of benzene rings is 1. The number of urea groups is 1. The minimum absolute atomic E-state index is 0.0548. The fourth-order valence-electron chi connectivity index (χ4n) is 2.33. The highest BCUT2D eigenvalue weighted by molar-refractivity contribution is 7.89. The molecule has 1 heterocycles. The SMILES string of the molecule is COc1ccc(S(=O)(=O)N[C@@H](C)C(=O)OC(C)C(=O)N2CCNC2=O)cc1. The van der Waals surface area contributed by atoms with Gasteiger partial charge in [-0.1, -0.05) is 0 Å². The molecule has 0 aromatic heterocycles. The summed E-state index contributed by atoms with van der Waals surface area (Å²) < 4.78 is 36.8. The zero-order valence-electron chi connectivity index (χ0n) is 15.1. The van der Waals surface area contributed by atoms with Crippen LogP contribution >= 0.6 is 0 Å². The van der Waals surface area contributed by atoms with E-state index in [1.807, 2.05) is 0 Å². The molecule has 148 valence electrons. The molecule has 1 saturated heterocycles. The largest absolute Gasteiger partial charge is 0.497 e. The van der Waals surface area contributed by atoms with Gasteiger partial charge >= 0.3 is 12.0 Å². The summed E-state index contributed by atoms with van der Waals surface area (Å²) in [5.41, 5.74) is 0. The lowest BCUT2D eigenvalue weighted by Crippen LogP contribution is -2.45. The van der Waals surface area contributed by atoms with Crippen LogP contribution in [-0.4, -0.2) is 63.6 Å². The predicted octanol–water partition coefficient (Wildman–Crippen LogP) is -0.154. The highest BCUT2D eigenvalue weighted by atomic mass is 32.2. The number of carbonyl (C=O) groups excluding carboxylic acids is 3. The van der Waals surface area contributed by atoms with Gasteiger partial charge in [-0.2, -0.15) is 4.72 Å². The molecule has 1 aromatic carbocycles. The van der Waals surface area contributed by atoms with E-state index in [2.05, 4.69) is 10.0 Å². The van der Waals surface area contributed by atoms with E-state index in [4.69, 9.17) is 9.47 Å². The van der Waals surface area contributed by atoms with Crippen molar-refractivity contribution in [3.05, 3.63) is 24.3 Å². The van der Waals surface area contributed by atoms with Crippen LogP contribution in [0.3, 0.4) is 0 Å². The third-order valence-corrected chi connectivity index (χ3v) is 5.38. The van der Waals surface area contributed by atoms with Crippen molar-refractivity contribution in [2.45, 2.75) is 30.9 Å². The molecule has 0 spiro atoms. The highest BCUT2D eigenvalue weighted by Gasteiger charge is 2.33. The van der Waals surface area contributed by atoms with Crippen molar-refractivity contribution >= 4 is 27.9 Å². The van der Waals surface area contributed by atoms with Crippen molar-refractivity contribution in [1.29, 1.82) is 0 Å². The van der Waals surface area contributed by atoms with Crippen LogP contribution in [0.4, 0.5) is 4.79 Å². The van der Waals surface area contributed by atoms with Gasteiger partial charge in [0.2, 0.25) is 10.0 Å². The van der Waals surface area contributed by atoms with Crippen LogP contribution in [0.1, 0.15) is 13.8 Å². The summed E-state index contributed by atoms with van der Waals surface area (Å²) in [6, 6.07) is 3.81. The lowest BCUT2D eigenvalue weighted by atomic mass is 10.3. The summed E-state index contributed by atoms with van der Waals surface area (Å²) in [6.07, 6.45) is -1.23. The van der Waals surface area contributed by atoms with Crippen molar-refractivity contribution in [2.75, 3.05) is 20.2 Å². The normalized spacial score (nSPS) is 16.4. The van der Waals surface area contributed by atoms with Gasteiger partial charge in [0, 0.05) is 13.1 Å². The zero-order valence-corrected chi connectivity index (χ0v) is 15.9. The van der Waals surface area contributed by atoms with Gasteiger partial charge in [-0.15, -0.1) is 0 Å². The number of ether oxygens (including phenoxy) is 2. The molecule has 0 radical (unpaired) electrons. The second kappa shape index (κ2) is 8.35. The molecule has 3 amide bonds. The standard InChI is InChI=1S/C16H21N3O7S/c1-10(18-27(23,24)13-6-4-12(25-3)5-7-13)15(21)26-11(2)14(20)19-9-8-17-16(19)22/h4-7,10-11,18H,8-9H2,1-3H3,(H,17,22)/t10-,11?/m0/s1. The van der Waals surface area contributed by atoms with Gasteiger partial charge in [0.1, 0.15) is 11.8 Å². The van der Waals surface area contributed by atoms with E-state index in [1.165, 1.54) is 45.2 Å². The number of carbonyl (C=O) groups is 3. The minimum atomic E-state index is -3.98. The average Bonchev–Trinajstić information content (AvgIpc) is 3.06. The maximum Gasteiger partial charge on any atom is 0.324 e. The molecule has 0 saturated carbocycles. The molecule has 1 fully saturated rings. The average molecular weight is 399 g/mol. The zero-order chi connectivity index (χ0) is 20.2. The smallest absolute Gasteiger partial charge is 0.324 e. The lowest BCUT2D eigenvalue weighted by molar-refractivity contribution is -0.158. The van der Waals surface area contributed by atoms with E-state index < -0.39 is 40.1 Å². The molecule has 10 nitrogen and oxygen atoms in total. The number of amides is 3. The molecular weight excluding hydrogens is 378 g/mol. The molecule has 0 aliphatic carbocycles. The number of hydrogen-bond acceptors (Lipinski definition) is 7. The Morgan fingerprint density at radius 1 is 1.22 bits per heavy atom. The van der Waals surface area contributed by atoms with Gasteiger partial charge in [-0.25, -0.2) is 13.2 Å². The molecule has 1 aliphatic heterocycles. The molecular formula is C16H21N3O7S. The third-order valence-electron chi connectivity index (χ3n) is 3.82. The van der Waals surface area contributed by atoms with Crippen LogP contribution in [0.5, 0.6) is 5.75 Å². The summed E-state index contributed by atoms with van der Waals surface area (Å²) in [7, 11) is -2.52. The van der Waals surface area contributed by atoms with E-state index >= 15 is 0 Å². The van der Waals surface area contributed by atoms with E-state index in [1.54, 1.807) is 0 Å². The van der Waals surface area contributed by atoms with Crippen molar-refractivity contribution in [1.82, 2.24) is 14.9 Å². The number of nitrogens with one attached hydrogen (secondary N) is 2. The van der Waals surface area contributed by atoms with Crippen LogP contribution < -0.4 is 14.8 Å². The quantitative estimate of drug-likeness (QED) is 0.609. The summed E-state index contributed by atoms with van der Waals surface area (Å²) >= 11 is 0. The van der Waals surface area contributed by atoms with Crippen LogP contribution in [0.25, 0.3) is 0 Å². The Kier molecular flexibility index (Phi) is 6.39. The Balaban J connectivity index is 1.97. The van der Waals surface area contributed by atoms with Crippen molar-refractivity contribution in [3.63, 3.8) is 0 Å². The van der Waals surface area contributed by atoms with E-state index in [-0.39, 0.29) is 11.4 Å². The Labute approximate surface area is 156 Å².